The quantitative estimate of drug-likeness (QED) is 0.0320. The van der Waals surface area contributed by atoms with Gasteiger partial charge >= 0.3 is 17.6 Å². The molecule has 7 aromatic rings. The molecule has 5 aliphatic heterocycles. The van der Waals surface area contributed by atoms with Crippen molar-refractivity contribution < 1.29 is 99.6 Å². The first kappa shape index (κ1) is 79.5. The van der Waals surface area contributed by atoms with Gasteiger partial charge in [0, 0.05) is 83.2 Å². The largest absolute Gasteiger partial charge is 0.502 e. The van der Waals surface area contributed by atoms with Crippen LogP contribution in [0, 0.1) is 33.2 Å². The van der Waals surface area contributed by atoms with Crippen LogP contribution in [-0.4, -0.2) is 151 Å². The molecule has 8 aliphatic rings. The molecule has 29 nitrogen and oxygen atoms in total. The highest BCUT2D eigenvalue weighted by Gasteiger charge is 2.56. The van der Waals surface area contributed by atoms with Crippen LogP contribution in [0.2, 0.25) is 10.0 Å². The summed E-state index contributed by atoms with van der Waals surface area (Å²) in [5.41, 5.74) is 5.33. The Morgan fingerprint density at radius 2 is 1.53 bits per heavy atom. The summed E-state index contributed by atoms with van der Waals surface area (Å²) in [4.78, 5) is 91.6. The SMILES string of the molecule is CC1=C(C(=O)OC2CCCCC2)C(c2ccc([N+](=O)[O-])cc2)C2=C(CC(C)(C)CC2=O)N1.COc1cc([C@@H]2c3cc4c(cc3[C@@H](O[C@@H]3O[C@@H]5CO[C@@H](C)O[C@H]5[C@H](O)[C@H]3O)[C@H]3COC(=O)[C@H]23)OCO4)cc(OC)c1O.CS(=O)(=O)c1ccc(C(=O)Nc2ccc(Cl)c(-c3ccccn3)c2)c(Cl)c1.O=c1[nH]cc(F)c(=O)[nH]1. The molecule has 15 rings (SSSR count). The number of carbonyl (C=O) groups is 4. The fraction of sp³-hybridized carbons (Fsp3) is 0.390. The number of allylic oxidation sites excluding steroid dienone is 3. The number of anilines is 1. The van der Waals surface area contributed by atoms with E-state index in [-0.39, 0.29) is 75.7 Å². The van der Waals surface area contributed by atoms with E-state index in [4.69, 9.17) is 70.6 Å². The lowest BCUT2D eigenvalue weighted by molar-refractivity contribution is -0.384. The zero-order valence-electron chi connectivity index (χ0n) is 60.4. The average Bonchev–Trinajstić information content (AvgIpc) is 1.41. The molecular weight excluding hydrogens is 1500 g/mol. The molecule has 2 aromatic heterocycles. The summed E-state index contributed by atoms with van der Waals surface area (Å²) < 4.78 is 92.6. The van der Waals surface area contributed by atoms with E-state index in [1.165, 1.54) is 44.6 Å². The fourth-order valence-corrected chi connectivity index (χ4v) is 16.0. The minimum Gasteiger partial charge on any atom is -0.502 e. The highest BCUT2D eigenvalue weighted by molar-refractivity contribution is 7.90. The number of nitrogens with one attached hydrogen (secondary N) is 4. The van der Waals surface area contributed by atoms with Crippen LogP contribution in [0.1, 0.15) is 123 Å². The Hall–Kier alpha value is -10.1. The van der Waals surface area contributed by atoms with E-state index in [2.05, 4.69) is 29.5 Å². The Labute approximate surface area is 639 Å². The Kier molecular flexibility index (Phi) is 24.0. The summed E-state index contributed by atoms with van der Waals surface area (Å²) in [6, 6.07) is 27.5. The third-order valence-electron chi connectivity index (χ3n) is 20.0. The summed E-state index contributed by atoms with van der Waals surface area (Å²) in [6.07, 6.45) is 2.57. The van der Waals surface area contributed by atoms with E-state index in [1.807, 2.05) is 24.0 Å². The molecule has 0 spiro atoms. The molecule has 1 unspecified atom stereocenters. The number of Topliss-reactive ketones (excluding diaryl/α,β-unsaturated/α-hetero) is 1. The van der Waals surface area contributed by atoms with Crippen LogP contribution in [-0.2, 0) is 52.6 Å². The van der Waals surface area contributed by atoms with Crippen LogP contribution in [0.5, 0.6) is 28.7 Å². The molecule has 7 N–H and O–H groups in total. The molecule has 7 heterocycles. The Morgan fingerprint density at radius 3 is 2.16 bits per heavy atom. The van der Waals surface area contributed by atoms with Crippen LogP contribution in [0.4, 0.5) is 15.8 Å². The first-order valence-electron chi connectivity index (χ1n) is 35.1. The Balaban J connectivity index is 0.000000148. The van der Waals surface area contributed by atoms with Gasteiger partial charge in [0.25, 0.3) is 17.2 Å². The lowest BCUT2D eigenvalue weighted by Gasteiger charge is -2.47. The van der Waals surface area contributed by atoms with Gasteiger partial charge in [0.05, 0.1) is 76.1 Å². The van der Waals surface area contributed by atoms with Crippen molar-refractivity contribution in [3.05, 3.63) is 213 Å². The molecule has 582 valence electrons. The number of ether oxygens (including phenoxy) is 10. The summed E-state index contributed by atoms with van der Waals surface area (Å²) in [6.45, 7) is 7.88. The number of fused-ring (bicyclic) bond motifs is 4. The van der Waals surface area contributed by atoms with Gasteiger partial charge in [0.2, 0.25) is 18.4 Å². The van der Waals surface area contributed by atoms with Crippen molar-refractivity contribution in [1.82, 2.24) is 20.3 Å². The number of carbonyl (C=O) groups excluding carboxylic acids is 4. The molecule has 33 heteroatoms. The first-order valence-corrected chi connectivity index (χ1v) is 37.7. The number of aromatic hydroxyl groups is 1. The van der Waals surface area contributed by atoms with Crippen LogP contribution in [0.15, 0.2) is 153 Å². The van der Waals surface area contributed by atoms with Crippen molar-refractivity contribution in [2.75, 3.05) is 45.8 Å². The topological polar surface area (TPSA) is 401 Å². The number of nitro benzene ring substituents is 1. The van der Waals surface area contributed by atoms with Crippen LogP contribution < -0.4 is 40.8 Å². The maximum Gasteiger partial charge on any atom is 0.337 e. The van der Waals surface area contributed by atoms with Crippen molar-refractivity contribution in [2.24, 2.45) is 17.3 Å². The molecular formula is C77H79Cl2FN6O23S. The number of dihydropyridines is 1. The zero-order chi connectivity index (χ0) is 78.8. The number of sulfone groups is 1. The zero-order valence-corrected chi connectivity index (χ0v) is 62.7. The number of ketones is 1. The molecule has 0 radical (unpaired) electrons. The molecule has 3 aliphatic carbocycles. The number of aliphatic hydroxyl groups is 2. The molecule has 5 aromatic carbocycles. The number of aromatic amines is 2. The highest BCUT2D eigenvalue weighted by Crippen LogP contribution is 2.58. The van der Waals surface area contributed by atoms with Gasteiger partial charge in [0.1, 0.15) is 30.5 Å². The van der Waals surface area contributed by atoms with Gasteiger partial charge in [-0.1, -0.05) is 61.7 Å². The molecule has 1 amide bonds. The summed E-state index contributed by atoms with van der Waals surface area (Å²) in [5, 5.41) is 50.3. The number of methoxy groups -OCH3 is 2. The maximum absolute atomic E-state index is 13.4. The van der Waals surface area contributed by atoms with Gasteiger partial charge in [-0.3, -0.25) is 39.3 Å². The second-order valence-electron chi connectivity index (χ2n) is 28.1. The number of phenols is 1. The number of hydrogen-bond acceptors (Lipinski definition) is 25. The van der Waals surface area contributed by atoms with E-state index in [0.29, 0.717) is 91.6 Å². The number of halogens is 3. The second kappa shape index (κ2) is 33.2. The number of nitro groups is 1. The minimum absolute atomic E-state index is 0.00238. The van der Waals surface area contributed by atoms with Crippen molar-refractivity contribution in [3.8, 4) is 40.0 Å². The molecule has 11 atom stereocenters. The second-order valence-corrected chi connectivity index (χ2v) is 31.0. The average molecular weight is 1580 g/mol. The fourth-order valence-electron chi connectivity index (χ4n) is 14.8. The number of cyclic esters (lactones) is 1. The number of H-pyrrole nitrogens is 2. The number of hydrogen-bond donors (Lipinski definition) is 7. The van der Waals surface area contributed by atoms with Crippen molar-refractivity contribution >= 4 is 68.0 Å². The number of esters is 2. The Bertz CT molecular complexity index is 4990. The third kappa shape index (κ3) is 17.2. The van der Waals surface area contributed by atoms with Gasteiger partial charge in [0.15, 0.2) is 51.2 Å². The van der Waals surface area contributed by atoms with Gasteiger partial charge in [-0.15, -0.1) is 0 Å². The van der Waals surface area contributed by atoms with Crippen molar-refractivity contribution in [1.29, 1.82) is 0 Å². The first-order chi connectivity index (χ1) is 52.4. The van der Waals surface area contributed by atoms with Crippen LogP contribution >= 0.6 is 23.2 Å². The number of rotatable bonds is 13. The Morgan fingerprint density at radius 1 is 0.827 bits per heavy atom. The van der Waals surface area contributed by atoms with Gasteiger partial charge in [-0.05, 0) is 146 Å². The van der Waals surface area contributed by atoms with Crippen LogP contribution in [0.3, 0.4) is 0 Å². The molecule has 4 fully saturated rings. The van der Waals surface area contributed by atoms with E-state index in [1.54, 1.807) is 78.8 Å². The summed E-state index contributed by atoms with van der Waals surface area (Å²) in [5.74, 6) is -3.48. The number of pyridine rings is 1. The van der Waals surface area contributed by atoms with E-state index >= 15 is 0 Å². The van der Waals surface area contributed by atoms with E-state index in [0.717, 1.165) is 44.1 Å². The predicted octanol–water partition coefficient (Wildman–Crippen LogP) is 10.3. The third-order valence-corrected chi connectivity index (χ3v) is 21.8. The number of nitrogens with zero attached hydrogens (tertiary/aromatic N) is 2. The smallest absolute Gasteiger partial charge is 0.337 e. The number of benzene rings is 5. The molecule has 110 heavy (non-hydrogen) atoms. The van der Waals surface area contributed by atoms with Crippen LogP contribution in [0.25, 0.3) is 11.3 Å². The predicted molar refractivity (Wildman–Crippen MR) is 393 cm³/mol. The minimum atomic E-state index is -3.41. The number of aromatic nitrogens is 3. The molecule has 1 saturated carbocycles. The van der Waals surface area contributed by atoms with Crippen molar-refractivity contribution in [2.45, 2.75) is 139 Å². The molecule has 0 bridgehead atoms. The molecule has 3 saturated heterocycles. The normalized spacial score (nSPS) is 24.3. The monoisotopic (exact) mass is 1580 g/mol. The van der Waals surface area contributed by atoms with Gasteiger partial charge in [-0.25, -0.2) is 18.0 Å². The number of aliphatic hydroxyl groups excluding tert-OH is 2. The van der Waals surface area contributed by atoms with Gasteiger partial charge in [-0.2, -0.15) is 4.39 Å². The maximum atomic E-state index is 13.4. The standard InChI is InChI=1S/C29H32O13.C25H30N2O5.C19H14Cl2N2O3S.C4H3FN2O2/c1-11-36-9-20-27(40-11)24(31)25(32)29(41-20)42-26-14-7-17-16(38-10-39-17)6-13(14)21(22-15(26)8-37-28(22)33)12-4-18(34-2)23(30)19(5-12)35-3;1-15-21(24(29)32-18-7-5-4-6-8-18)22(16-9-11-17(12-10-16)27(30)31)23-19(26-15)13-25(2,3)14-20(23)28;1-27(25,26)13-6-7-14(17(21)11-13)19(24)23-12-5-8-16(20)15(10-12)18-4-2-3-9-22-18;5-2-1-6-4(9)7-3(2)8/h4-7,11,15,20-22,24-27,29-32H,8-10H2,1-3H3;9-12,18,22,26H,4-8,13-14H2,1-3H3;2-11H,1H3,(H,23,24);1H,(H2,6,7,8,9)/t11-,15+,20-,21-,22+,24-,25-,26-,27-,29+;;;/m1.../s1. The van der Waals surface area contributed by atoms with Gasteiger partial charge < -0.3 is 78.3 Å². The number of non-ortho nitro benzene ring substituents is 1. The summed E-state index contributed by atoms with van der Waals surface area (Å²) in [7, 11) is -0.546. The lowest BCUT2D eigenvalue weighted by atomic mass is 9.66. The van der Waals surface area contributed by atoms with E-state index < -0.39 is 116 Å². The number of amides is 1. The summed E-state index contributed by atoms with van der Waals surface area (Å²) >= 11 is 12.3. The van der Waals surface area contributed by atoms with E-state index in [9.17, 15) is 67.0 Å². The highest BCUT2D eigenvalue weighted by atomic mass is 35.5. The lowest BCUT2D eigenvalue weighted by Crippen LogP contribution is -2.63. The van der Waals surface area contributed by atoms with Crippen molar-refractivity contribution in [3.63, 3.8) is 0 Å². The number of phenolic OH excluding ortho intramolecular Hbond substituents is 1.